The van der Waals surface area contributed by atoms with E-state index in [1.807, 2.05) is 30.0 Å². The zero-order chi connectivity index (χ0) is 13.5. The molecule has 0 aromatic heterocycles. The molecule has 0 saturated carbocycles. The van der Waals surface area contributed by atoms with E-state index >= 15 is 0 Å². The minimum atomic E-state index is -0.0242. The van der Waals surface area contributed by atoms with Crippen molar-refractivity contribution in [3.05, 3.63) is 35.4 Å². The summed E-state index contributed by atoms with van der Waals surface area (Å²) < 4.78 is 0. The van der Waals surface area contributed by atoms with Crippen LogP contribution in [0.5, 0.6) is 0 Å². The van der Waals surface area contributed by atoms with Gasteiger partial charge in [-0.3, -0.25) is 4.79 Å². The van der Waals surface area contributed by atoms with Crippen molar-refractivity contribution < 1.29 is 4.79 Å². The van der Waals surface area contributed by atoms with E-state index in [1.54, 1.807) is 6.07 Å². The molecular weight excluding hydrogens is 256 g/mol. The number of benzene rings is 1. The van der Waals surface area contributed by atoms with Crippen molar-refractivity contribution in [2.45, 2.75) is 18.1 Å². The average Bonchev–Trinajstić information content (AvgIpc) is 2.96. The highest BCUT2D eigenvalue weighted by atomic mass is 32.2. The molecule has 1 atom stereocenters. The number of amides is 1. The van der Waals surface area contributed by atoms with Gasteiger partial charge in [0.1, 0.15) is 0 Å². The SMILES string of the molecule is NCC#Cc1cccc(C(=O)NCC2CCCS2)c1. The first-order chi connectivity index (χ1) is 9.29. The second kappa shape index (κ2) is 7.22. The van der Waals surface area contributed by atoms with Crippen LogP contribution in [0.1, 0.15) is 28.8 Å². The first-order valence-electron chi connectivity index (χ1n) is 6.48. The zero-order valence-corrected chi connectivity index (χ0v) is 11.6. The number of hydrogen-bond acceptors (Lipinski definition) is 3. The highest BCUT2D eigenvalue weighted by Gasteiger charge is 2.16. The Kier molecular flexibility index (Phi) is 5.31. The fourth-order valence-corrected chi connectivity index (χ4v) is 3.21. The average molecular weight is 274 g/mol. The molecule has 1 aliphatic heterocycles. The summed E-state index contributed by atoms with van der Waals surface area (Å²) in [5, 5.41) is 3.56. The maximum absolute atomic E-state index is 12.0. The van der Waals surface area contributed by atoms with Gasteiger partial charge in [0.05, 0.1) is 6.54 Å². The number of carbonyl (C=O) groups excluding carboxylic acids is 1. The van der Waals surface area contributed by atoms with Crippen LogP contribution in [0, 0.1) is 11.8 Å². The minimum Gasteiger partial charge on any atom is -0.351 e. The number of nitrogens with two attached hydrogens (primary N) is 1. The van der Waals surface area contributed by atoms with E-state index in [4.69, 9.17) is 5.73 Å². The van der Waals surface area contributed by atoms with E-state index in [2.05, 4.69) is 17.2 Å². The third-order valence-corrected chi connectivity index (χ3v) is 4.37. The molecule has 1 amide bonds. The van der Waals surface area contributed by atoms with Gasteiger partial charge in [0, 0.05) is 22.9 Å². The topological polar surface area (TPSA) is 55.1 Å². The monoisotopic (exact) mass is 274 g/mol. The summed E-state index contributed by atoms with van der Waals surface area (Å²) in [6, 6.07) is 7.34. The van der Waals surface area contributed by atoms with Gasteiger partial charge in [0.2, 0.25) is 0 Å². The first kappa shape index (κ1) is 14.0. The lowest BCUT2D eigenvalue weighted by atomic mass is 10.1. The van der Waals surface area contributed by atoms with Gasteiger partial charge in [-0.1, -0.05) is 17.9 Å². The molecule has 1 aromatic rings. The lowest BCUT2D eigenvalue weighted by molar-refractivity contribution is 0.0953. The van der Waals surface area contributed by atoms with Crippen molar-refractivity contribution >= 4 is 17.7 Å². The summed E-state index contributed by atoms with van der Waals surface area (Å²) >= 11 is 1.94. The summed E-state index contributed by atoms with van der Waals surface area (Å²) in [7, 11) is 0. The van der Waals surface area contributed by atoms with Crippen LogP contribution in [0.3, 0.4) is 0 Å². The van der Waals surface area contributed by atoms with E-state index in [-0.39, 0.29) is 5.91 Å². The van der Waals surface area contributed by atoms with Crippen molar-refractivity contribution in [3.8, 4) is 11.8 Å². The van der Waals surface area contributed by atoms with Crippen LogP contribution < -0.4 is 11.1 Å². The van der Waals surface area contributed by atoms with Crippen LogP contribution in [0.15, 0.2) is 24.3 Å². The minimum absolute atomic E-state index is 0.0242. The highest BCUT2D eigenvalue weighted by Crippen LogP contribution is 2.25. The van der Waals surface area contributed by atoms with Crippen LogP contribution in [0.25, 0.3) is 0 Å². The second-order valence-electron chi connectivity index (χ2n) is 4.43. The predicted octanol–water partition coefficient (Wildman–Crippen LogP) is 1.62. The lowest BCUT2D eigenvalue weighted by Gasteiger charge is -2.10. The van der Waals surface area contributed by atoms with Crippen LogP contribution in [0.4, 0.5) is 0 Å². The number of hydrogen-bond donors (Lipinski definition) is 2. The number of carbonyl (C=O) groups is 1. The van der Waals surface area contributed by atoms with E-state index in [1.165, 1.54) is 18.6 Å². The molecule has 4 heteroatoms. The lowest BCUT2D eigenvalue weighted by Crippen LogP contribution is -2.29. The number of rotatable bonds is 3. The van der Waals surface area contributed by atoms with Gasteiger partial charge >= 0.3 is 0 Å². The van der Waals surface area contributed by atoms with Gasteiger partial charge in [-0.25, -0.2) is 0 Å². The maximum Gasteiger partial charge on any atom is 0.251 e. The summed E-state index contributed by atoms with van der Waals surface area (Å²) in [6.45, 7) is 1.08. The molecule has 1 aliphatic rings. The van der Waals surface area contributed by atoms with Crippen molar-refractivity contribution in [1.82, 2.24) is 5.32 Å². The maximum atomic E-state index is 12.0. The molecule has 3 N–H and O–H groups in total. The molecule has 1 fully saturated rings. The summed E-state index contributed by atoms with van der Waals surface area (Å²) in [4.78, 5) is 12.0. The molecule has 0 aliphatic carbocycles. The molecule has 19 heavy (non-hydrogen) atoms. The standard InChI is InChI=1S/C15H18N2OS/c16-8-2-5-12-4-1-6-13(10-12)15(18)17-11-14-7-3-9-19-14/h1,4,6,10,14H,3,7-9,11,16H2,(H,17,18). The van der Waals surface area contributed by atoms with Crippen molar-refractivity contribution in [1.29, 1.82) is 0 Å². The van der Waals surface area contributed by atoms with Crippen molar-refractivity contribution in [3.63, 3.8) is 0 Å². The smallest absolute Gasteiger partial charge is 0.251 e. The quantitative estimate of drug-likeness (QED) is 0.824. The Morgan fingerprint density at radius 2 is 2.42 bits per heavy atom. The first-order valence-corrected chi connectivity index (χ1v) is 7.53. The van der Waals surface area contributed by atoms with Crippen LogP contribution in [-0.2, 0) is 0 Å². The predicted molar refractivity (Wildman–Crippen MR) is 80.2 cm³/mol. The van der Waals surface area contributed by atoms with Crippen molar-refractivity contribution in [2.24, 2.45) is 5.73 Å². The third kappa shape index (κ3) is 4.30. The fraction of sp³-hybridized carbons (Fsp3) is 0.400. The zero-order valence-electron chi connectivity index (χ0n) is 10.8. The fourth-order valence-electron chi connectivity index (χ4n) is 2.01. The van der Waals surface area contributed by atoms with E-state index in [0.717, 1.165) is 12.1 Å². The summed E-state index contributed by atoms with van der Waals surface area (Å²) in [5.41, 5.74) is 6.82. The van der Waals surface area contributed by atoms with Crippen LogP contribution in [0.2, 0.25) is 0 Å². The van der Waals surface area contributed by atoms with E-state index in [0.29, 0.717) is 17.4 Å². The molecule has 1 heterocycles. The normalized spacial score (nSPS) is 17.6. The molecule has 100 valence electrons. The van der Waals surface area contributed by atoms with Crippen LogP contribution >= 0.6 is 11.8 Å². The summed E-state index contributed by atoms with van der Waals surface area (Å²) in [5.74, 6) is 6.92. The molecular formula is C15H18N2OS. The van der Waals surface area contributed by atoms with Gasteiger partial charge in [-0.05, 0) is 36.8 Å². The van der Waals surface area contributed by atoms with Gasteiger partial charge in [0.15, 0.2) is 0 Å². The molecule has 1 aromatic carbocycles. The summed E-state index contributed by atoms with van der Waals surface area (Å²) in [6.07, 6.45) is 2.46. The second-order valence-corrected chi connectivity index (χ2v) is 5.84. The third-order valence-electron chi connectivity index (χ3n) is 2.97. The van der Waals surface area contributed by atoms with E-state index in [9.17, 15) is 4.79 Å². The number of nitrogens with one attached hydrogen (secondary N) is 1. The molecule has 0 bridgehead atoms. The van der Waals surface area contributed by atoms with Gasteiger partial charge < -0.3 is 11.1 Å². The largest absolute Gasteiger partial charge is 0.351 e. The molecule has 3 nitrogen and oxygen atoms in total. The molecule has 2 rings (SSSR count). The number of thioether (sulfide) groups is 1. The Bertz CT molecular complexity index is 498. The van der Waals surface area contributed by atoms with Crippen molar-refractivity contribution in [2.75, 3.05) is 18.8 Å². The van der Waals surface area contributed by atoms with Crippen LogP contribution in [-0.4, -0.2) is 30.0 Å². The molecule has 0 radical (unpaired) electrons. The Morgan fingerprint density at radius 3 is 3.16 bits per heavy atom. The Morgan fingerprint density at radius 1 is 1.53 bits per heavy atom. The highest BCUT2D eigenvalue weighted by molar-refractivity contribution is 8.00. The molecule has 1 unspecified atom stereocenters. The van der Waals surface area contributed by atoms with E-state index < -0.39 is 0 Å². The van der Waals surface area contributed by atoms with Gasteiger partial charge in [0.25, 0.3) is 5.91 Å². The van der Waals surface area contributed by atoms with Gasteiger partial charge in [-0.15, -0.1) is 0 Å². The molecule has 1 saturated heterocycles. The molecule has 0 spiro atoms. The Labute approximate surface area is 118 Å². The van der Waals surface area contributed by atoms with Gasteiger partial charge in [-0.2, -0.15) is 11.8 Å². The Balaban J connectivity index is 1.94. The Hall–Kier alpha value is -1.44.